The zero-order valence-corrected chi connectivity index (χ0v) is 15.7. The van der Waals surface area contributed by atoms with E-state index in [1.807, 2.05) is 12.1 Å². The minimum absolute atomic E-state index is 0.222. The Balaban J connectivity index is 1.61. The van der Waals surface area contributed by atoms with Crippen molar-refractivity contribution in [2.45, 2.75) is 38.6 Å². The topological polar surface area (TPSA) is 44.8 Å². The molecule has 0 spiro atoms. The van der Waals surface area contributed by atoms with Gasteiger partial charge in [0, 0.05) is 23.3 Å². The summed E-state index contributed by atoms with van der Waals surface area (Å²) in [4.78, 5) is 14.7. The van der Waals surface area contributed by atoms with E-state index >= 15 is 0 Å². The zero-order valence-electron chi connectivity index (χ0n) is 14.0. The summed E-state index contributed by atoms with van der Waals surface area (Å²) in [5.74, 6) is 5.74. The van der Waals surface area contributed by atoms with Gasteiger partial charge < -0.3 is 14.2 Å². The molecule has 1 aliphatic heterocycles. The van der Waals surface area contributed by atoms with E-state index in [1.54, 1.807) is 22.7 Å². The molecule has 25 heavy (non-hydrogen) atoms. The maximum atomic E-state index is 11.3. The van der Waals surface area contributed by atoms with E-state index in [2.05, 4.69) is 29.4 Å². The number of ether oxygens (including phenoxy) is 3. The molecule has 132 valence electrons. The van der Waals surface area contributed by atoms with Crippen molar-refractivity contribution in [1.29, 1.82) is 0 Å². The molecule has 0 N–H and O–H groups in total. The van der Waals surface area contributed by atoms with Gasteiger partial charge in [-0.2, -0.15) is 0 Å². The molecule has 0 amide bonds. The highest BCUT2D eigenvalue weighted by Crippen LogP contribution is 2.31. The second kappa shape index (κ2) is 9.16. The molecule has 2 aromatic heterocycles. The molecular weight excluding hydrogens is 356 g/mol. The Kier molecular flexibility index (Phi) is 6.65. The summed E-state index contributed by atoms with van der Waals surface area (Å²) in [7, 11) is 0. The van der Waals surface area contributed by atoms with Gasteiger partial charge in [-0.15, -0.1) is 22.7 Å². The van der Waals surface area contributed by atoms with E-state index in [4.69, 9.17) is 14.2 Å². The van der Waals surface area contributed by atoms with Gasteiger partial charge in [0.05, 0.1) is 11.5 Å². The van der Waals surface area contributed by atoms with Crippen LogP contribution in [0, 0.1) is 11.8 Å². The van der Waals surface area contributed by atoms with Gasteiger partial charge in [-0.3, -0.25) is 4.79 Å². The number of hydrogen-bond acceptors (Lipinski definition) is 6. The Labute approximate surface area is 155 Å². The van der Waals surface area contributed by atoms with Gasteiger partial charge >= 0.3 is 5.97 Å². The van der Waals surface area contributed by atoms with Crippen molar-refractivity contribution in [2.75, 3.05) is 13.2 Å². The molecule has 2 aromatic rings. The van der Waals surface area contributed by atoms with Crippen LogP contribution in [-0.4, -0.2) is 31.6 Å². The van der Waals surface area contributed by atoms with Gasteiger partial charge in [0.1, 0.15) is 0 Å². The number of thiophene rings is 2. The molecule has 0 saturated carbocycles. The Morgan fingerprint density at radius 2 is 2.28 bits per heavy atom. The fourth-order valence-electron chi connectivity index (χ4n) is 2.45. The Morgan fingerprint density at radius 3 is 3.00 bits per heavy atom. The van der Waals surface area contributed by atoms with Gasteiger partial charge in [-0.25, -0.2) is 0 Å². The van der Waals surface area contributed by atoms with Crippen LogP contribution in [0.4, 0.5) is 0 Å². The predicted octanol–water partition coefficient (Wildman–Crippen LogP) is 4.30. The minimum Gasteiger partial charge on any atom is -0.447 e. The first-order valence-corrected chi connectivity index (χ1v) is 9.96. The van der Waals surface area contributed by atoms with Crippen LogP contribution in [0.1, 0.15) is 31.1 Å². The van der Waals surface area contributed by atoms with Crippen molar-refractivity contribution in [3.05, 3.63) is 34.5 Å². The monoisotopic (exact) mass is 376 g/mol. The molecule has 1 aliphatic rings. The third-order valence-corrected chi connectivity index (χ3v) is 5.67. The first kappa shape index (κ1) is 18.2. The molecule has 0 aromatic carbocycles. The van der Waals surface area contributed by atoms with Gasteiger partial charge in [0.15, 0.2) is 12.4 Å². The van der Waals surface area contributed by atoms with Crippen molar-refractivity contribution in [3.63, 3.8) is 0 Å². The molecule has 2 atom stereocenters. The molecule has 6 heteroatoms. The second-order valence-electron chi connectivity index (χ2n) is 5.64. The summed E-state index contributed by atoms with van der Waals surface area (Å²) in [5, 5.41) is 2.06. The molecule has 1 saturated heterocycles. The lowest BCUT2D eigenvalue weighted by Gasteiger charge is -2.23. The maximum Gasteiger partial charge on any atom is 0.303 e. The summed E-state index contributed by atoms with van der Waals surface area (Å²) in [6.45, 7) is 2.32. The van der Waals surface area contributed by atoms with Crippen molar-refractivity contribution >= 4 is 28.6 Å². The van der Waals surface area contributed by atoms with Gasteiger partial charge in [0.2, 0.25) is 0 Å². The summed E-state index contributed by atoms with van der Waals surface area (Å²) in [5.41, 5.74) is 0. The molecule has 0 aliphatic carbocycles. The first-order valence-electron chi connectivity index (χ1n) is 8.26. The van der Waals surface area contributed by atoms with Crippen molar-refractivity contribution in [2.24, 2.45) is 0 Å². The molecule has 4 nitrogen and oxygen atoms in total. The molecule has 3 rings (SSSR count). The molecule has 0 radical (unpaired) electrons. The minimum atomic E-state index is -0.588. The summed E-state index contributed by atoms with van der Waals surface area (Å²) in [6.07, 6.45) is 2.22. The van der Waals surface area contributed by atoms with Gasteiger partial charge in [-0.05, 0) is 48.8 Å². The summed E-state index contributed by atoms with van der Waals surface area (Å²) >= 11 is 3.33. The lowest BCUT2D eigenvalue weighted by atomic mass is 10.2. The smallest absolute Gasteiger partial charge is 0.303 e. The Hall–Kier alpha value is -1.65. The zero-order chi connectivity index (χ0) is 17.5. The molecule has 3 heterocycles. The van der Waals surface area contributed by atoms with Crippen LogP contribution < -0.4 is 0 Å². The van der Waals surface area contributed by atoms with Crippen LogP contribution >= 0.6 is 22.7 Å². The molecule has 0 bridgehead atoms. The highest BCUT2D eigenvalue weighted by Gasteiger charge is 2.17. The number of carbonyl (C=O) groups is 1. The Morgan fingerprint density at radius 1 is 1.36 bits per heavy atom. The maximum absolute atomic E-state index is 11.3. The van der Waals surface area contributed by atoms with Crippen LogP contribution in [-0.2, 0) is 19.0 Å². The van der Waals surface area contributed by atoms with Crippen LogP contribution in [0.25, 0.3) is 9.75 Å². The third kappa shape index (κ3) is 5.68. The second-order valence-corrected chi connectivity index (χ2v) is 7.67. The van der Waals surface area contributed by atoms with E-state index in [0.29, 0.717) is 0 Å². The SMILES string of the molecule is CC(=O)OC(C#Cc1ccc(-c2cccs2)s1)COC1CCCCO1. The first-order chi connectivity index (χ1) is 12.2. The highest BCUT2D eigenvalue weighted by atomic mass is 32.1. The number of esters is 1. The number of hydrogen-bond donors (Lipinski definition) is 0. The van der Waals surface area contributed by atoms with Crippen molar-refractivity contribution in [1.82, 2.24) is 0 Å². The third-order valence-electron chi connectivity index (χ3n) is 3.61. The fraction of sp³-hybridized carbons (Fsp3) is 0.421. The number of rotatable bonds is 5. The lowest BCUT2D eigenvalue weighted by Crippen LogP contribution is -2.28. The van der Waals surface area contributed by atoms with Crippen LogP contribution in [0.3, 0.4) is 0 Å². The molecule has 2 unspecified atom stereocenters. The average Bonchev–Trinajstić information content (AvgIpc) is 3.29. The summed E-state index contributed by atoms with van der Waals surface area (Å²) < 4.78 is 16.5. The fourth-order valence-corrected chi connectivity index (χ4v) is 4.15. The standard InChI is InChI=1S/C19H20O4S2/c1-14(20)23-15(13-22-19-6-2-3-11-21-19)7-8-16-9-10-18(25-16)17-5-4-12-24-17/h4-5,9-10,12,15,19H,2-3,6,11,13H2,1H3. The van der Waals surface area contributed by atoms with Gasteiger partial charge in [-0.1, -0.05) is 12.0 Å². The molecular formula is C19H20O4S2. The highest BCUT2D eigenvalue weighted by molar-refractivity contribution is 7.21. The van der Waals surface area contributed by atoms with Crippen molar-refractivity contribution < 1.29 is 19.0 Å². The molecule has 1 fully saturated rings. The average molecular weight is 376 g/mol. The normalized spacial score (nSPS) is 18.2. The van der Waals surface area contributed by atoms with E-state index in [9.17, 15) is 4.79 Å². The predicted molar refractivity (Wildman–Crippen MR) is 99.6 cm³/mol. The summed E-state index contributed by atoms with van der Waals surface area (Å²) in [6, 6.07) is 8.18. The van der Waals surface area contributed by atoms with E-state index in [0.717, 1.165) is 30.7 Å². The van der Waals surface area contributed by atoms with Crippen molar-refractivity contribution in [3.8, 4) is 21.6 Å². The largest absolute Gasteiger partial charge is 0.447 e. The quantitative estimate of drug-likeness (QED) is 0.576. The van der Waals surface area contributed by atoms with Gasteiger partial charge in [0.25, 0.3) is 0 Å². The van der Waals surface area contributed by atoms with E-state index < -0.39 is 6.10 Å². The van der Waals surface area contributed by atoms with Crippen LogP contribution in [0.2, 0.25) is 0 Å². The van der Waals surface area contributed by atoms with Crippen LogP contribution in [0.15, 0.2) is 29.6 Å². The number of carbonyl (C=O) groups excluding carboxylic acids is 1. The Bertz CT molecular complexity index is 733. The van der Waals surface area contributed by atoms with Crippen LogP contribution in [0.5, 0.6) is 0 Å². The van der Waals surface area contributed by atoms with E-state index in [1.165, 1.54) is 16.7 Å². The lowest BCUT2D eigenvalue weighted by molar-refractivity contribution is -0.179. The van der Waals surface area contributed by atoms with E-state index in [-0.39, 0.29) is 18.9 Å².